The van der Waals surface area contributed by atoms with Crippen molar-refractivity contribution in [2.75, 3.05) is 13.2 Å². The summed E-state index contributed by atoms with van der Waals surface area (Å²) < 4.78 is 27.4. The second kappa shape index (κ2) is 5.82. The SMILES string of the molecule is OC(CN1C=NCN1)(c1ccc(F)cc1)c1ccccc1F. The summed E-state index contributed by atoms with van der Waals surface area (Å²) in [5.41, 5.74) is 1.83. The molecule has 2 aromatic carbocycles. The fourth-order valence-corrected chi connectivity index (χ4v) is 2.51. The molecule has 6 heteroatoms. The van der Waals surface area contributed by atoms with Gasteiger partial charge in [0.05, 0.1) is 6.54 Å². The molecule has 1 unspecified atom stereocenters. The molecule has 114 valence electrons. The zero-order chi connectivity index (χ0) is 15.6. The Balaban J connectivity index is 2.06. The smallest absolute Gasteiger partial charge is 0.136 e. The van der Waals surface area contributed by atoms with Crippen molar-refractivity contribution in [1.82, 2.24) is 10.4 Å². The number of aliphatic hydroxyl groups is 1. The van der Waals surface area contributed by atoms with E-state index in [9.17, 15) is 13.9 Å². The van der Waals surface area contributed by atoms with Gasteiger partial charge in [0.25, 0.3) is 0 Å². The van der Waals surface area contributed by atoms with Crippen LogP contribution >= 0.6 is 0 Å². The monoisotopic (exact) mass is 303 g/mol. The van der Waals surface area contributed by atoms with E-state index >= 15 is 0 Å². The van der Waals surface area contributed by atoms with Gasteiger partial charge in [-0.1, -0.05) is 30.3 Å². The highest BCUT2D eigenvalue weighted by Crippen LogP contribution is 2.32. The molecule has 0 spiro atoms. The quantitative estimate of drug-likeness (QED) is 0.908. The minimum Gasteiger partial charge on any atom is -0.378 e. The van der Waals surface area contributed by atoms with Crippen LogP contribution in [0.15, 0.2) is 53.5 Å². The van der Waals surface area contributed by atoms with Crippen LogP contribution in [-0.2, 0) is 5.60 Å². The Hall–Kier alpha value is -2.31. The minimum atomic E-state index is -1.64. The van der Waals surface area contributed by atoms with Gasteiger partial charge in [0.1, 0.15) is 30.2 Å². The van der Waals surface area contributed by atoms with Gasteiger partial charge in [0.2, 0.25) is 0 Å². The molecule has 0 fully saturated rings. The van der Waals surface area contributed by atoms with Crippen LogP contribution in [0.4, 0.5) is 8.78 Å². The molecule has 4 nitrogen and oxygen atoms in total. The fraction of sp³-hybridized carbons (Fsp3) is 0.188. The molecular formula is C16H15F2N3O. The summed E-state index contributed by atoms with van der Waals surface area (Å²) in [6, 6.07) is 11.4. The molecule has 0 aromatic heterocycles. The average molecular weight is 303 g/mol. The normalized spacial score (nSPS) is 16.8. The van der Waals surface area contributed by atoms with Crippen molar-refractivity contribution in [3.63, 3.8) is 0 Å². The first-order valence-corrected chi connectivity index (χ1v) is 6.83. The highest BCUT2D eigenvalue weighted by molar-refractivity contribution is 5.56. The number of nitrogens with one attached hydrogen (secondary N) is 1. The topological polar surface area (TPSA) is 47.9 Å². The molecule has 0 aliphatic carbocycles. The number of nitrogens with zero attached hydrogens (tertiary/aromatic N) is 2. The summed E-state index contributed by atoms with van der Waals surface area (Å²) in [5.74, 6) is -0.939. The lowest BCUT2D eigenvalue weighted by molar-refractivity contribution is 0.0450. The van der Waals surface area contributed by atoms with Gasteiger partial charge in [-0.05, 0) is 23.8 Å². The number of aliphatic imine (C=N–C) groups is 1. The molecule has 1 atom stereocenters. The zero-order valence-corrected chi connectivity index (χ0v) is 11.7. The molecular weight excluding hydrogens is 288 g/mol. The van der Waals surface area contributed by atoms with Crippen LogP contribution in [0.3, 0.4) is 0 Å². The first kappa shape index (κ1) is 14.6. The highest BCUT2D eigenvalue weighted by Gasteiger charge is 2.36. The van der Waals surface area contributed by atoms with Gasteiger partial charge in [-0.2, -0.15) is 0 Å². The molecule has 0 radical (unpaired) electrons. The molecule has 0 bridgehead atoms. The average Bonchev–Trinajstić information content (AvgIpc) is 3.01. The molecule has 3 rings (SSSR count). The molecule has 22 heavy (non-hydrogen) atoms. The van der Waals surface area contributed by atoms with E-state index in [0.717, 1.165) is 0 Å². The molecule has 2 aromatic rings. The van der Waals surface area contributed by atoms with Gasteiger partial charge in [0.15, 0.2) is 0 Å². The summed E-state index contributed by atoms with van der Waals surface area (Å²) in [6.07, 6.45) is 1.54. The molecule has 0 amide bonds. The molecule has 1 aliphatic rings. The van der Waals surface area contributed by atoms with Crippen LogP contribution in [-0.4, -0.2) is 29.7 Å². The first-order chi connectivity index (χ1) is 10.6. The Bertz CT molecular complexity index is 690. The number of β-amino-alcohol motifs (C(OH)–C–C–N with tert-alkyl or cyclic N) is 1. The van der Waals surface area contributed by atoms with Gasteiger partial charge in [-0.25, -0.2) is 14.2 Å². The van der Waals surface area contributed by atoms with E-state index in [0.29, 0.717) is 12.2 Å². The molecule has 0 saturated heterocycles. The third-order valence-electron chi connectivity index (χ3n) is 3.63. The Labute approximate surface area is 126 Å². The lowest BCUT2D eigenvalue weighted by atomic mass is 9.85. The van der Waals surface area contributed by atoms with E-state index in [1.54, 1.807) is 17.1 Å². The van der Waals surface area contributed by atoms with Crippen molar-refractivity contribution in [2.45, 2.75) is 5.60 Å². The Kier molecular flexibility index (Phi) is 3.87. The van der Waals surface area contributed by atoms with Crippen molar-refractivity contribution in [1.29, 1.82) is 0 Å². The van der Waals surface area contributed by atoms with Gasteiger partial charge < -0.3 is 5.11 Å². The van der Waals surface area contributed by atoms with E-state index in [1.165, 1.54) is 42.7 Å². The van der Waals surface area contributed by atoms with Crippen LogP contribution < -0.4 is 5.43 Å². The largest absolute Gasteiger partial charge is 0.378 e. The third kappa shape index (κ3) is 2.70. The van der Waals surface area contributed by atoms with Crippen molar-refractivity contribution < 1.29 is 13.9 Å². The van der Waals surface area contributed by atoms with E-state index in [2.05, 4.69) is 10.4 Å². The maximum Gasteiger partial charge on any atom is 0.136 e. The summed E-state index contributed by atoms with van der Waals surface area (Å²) in [6.45, 7) is 0.444. The standard InChI is InChI=1S/C16H15F2N3O/c17-13-7-5-12(6-8-13)16(22,9-21-11-19-10-20-21)14-3-1-2-4-15(14)18/h1-8,11,20,22H,9-10H2. The Morgan fingerprint density at radius 2 is 1.86 bits per heavy atom. The summed E-state index contributed by atoms with van der Waals surface area (Å²) in [7, 11) is 0. The fourth-order valence-electron chi connectivity index (χ4n) is 2.51. The van der Waals surface area contributed by atoms with Gasteiger partial charge in [0, 0.05) is 5.56 Å². The number of hydrazine groups is 1. The number of rotatable bonds is 4. The van der Waals surface area contributed by atoms with Gasteiger partial charge >= 0.3 is 0 Å². The second-order valence-electron chi connectivity index (χ2n) is 5.09. The maximum absolute atomic E-state index is 14.2. The summed E-state index contributed by atoms with van der Waals surface area (Å²) in [4.78, 5) is 4.00. The van der Waals surface area contributed by atoms with Crippen LogP contribution in [0, 0.1) is 11.6 Å². The minimum absolute atomic E-state index is 0.0447. The lowest BCUT2D eigenvalue weighted by Crippen LogP contribution is -2.45. The van der Waals surface area contributed by atoms with Crippen LogP contribution in [0.2, 0.25) is 0 Å². The van der Waals surface area contributed by atoms with Crippen LogP contribution in [0.5, 0.6) is 0 Å². The van der Waals surface area contributed by atoms with E-state index in [4.69, 9.17) is 0 Å². The molecule has 1 heterocycles. The summed E-state index contributed by atoms with van der Waals surface area (Å²) >= 11 is 0. The van der Waals surface area contributed by atoms with Crippen molar-refractivity contribution in [3.8, 4) is 0 Å². The molecule has 2 N–H and O–H groups in total. The maximum atomic E-state index is 14.2. The summed E-state index contributed by atoms with van der Waals surface area (Å²) in [5, 5.41) is 12.8. The van der Waals surface area contributed by atoms with E-state index in [1.807, 2.05) is 0 Å². The number of halogens is 2. The van der Waals surface area contributed by atoms with E-state index < -0.39 is 17.2 Å². The third-order valence-corrected chi connectivity index (χ3v) is 3.63. The second-order valence-corrected chi connectivity index (χ2v) is 5.09. The first-order valence-electron chi connectivity index (χ1n) is 6.83. The highest BCUT2D eigenvalue weighted by atomic mass is 19.1. The zero-order valence-electron chi connectivity index (χ0n) is 11.7. The number of hydrogen-bond donors (Lipinski definition) is 2. The number of hydrogen-bond acceptors (Lipinski definition) is 4. The lowest BCUT2D eigenvalue weighted by Gasteiger charge is -2.33. The van der Waals surface area contributed by atoms with Crippen LogP contribution in [0.1, 0.15) is 11.1 Å². The Morgan fingerprint density at radius 1 is 1.14 bits per heavy atom. The van der Waals surface area contributed by atoms with E-state index in [-0.39, 0.29) is 12.1 Å². The molecule has 0 saturated carbocycles. The predicted molar refractivity (Wildman–Crippen MR) is 79.0 cm³/mol. The van der Waals surface area contributed by atoms with Crippen molar-refractivity contribution in [2.24, 2.45) is 4.99 Å². The Morgan fingerprint density at radius 3 is 2.50 bits per heavy atom. The van der Waals surface area contributed by atoms with Crippen molar-refractivity contribution in [3.05, 3.63) is 71.3 Å². The number of benzene rings is 2. The predicted octanol–water partition coefficient (Wildman–Crippen LogP) is 2.01. The van der Waals surface area contributed by atoms with Crippen LogP contribution in [0.25, 0.3) is 0 Å². The molecule has 1 aliphatic heterocycles. The van der Waals surface area contributed by atoms with Crippen molar-refractivity contribution >= 4 is 6.34 Å². The van der Waals surface area contributed by atoms with Gasteiger partial charge in [-0.15, -0.1) is 0 Å². The van der Waals surface area contributed by atoms with Gasteiger partial charge in [-0.3, -0.25) is 10.0 Å².